The molecule has 1 aliphatic rings. The van der Waals surface area contributed by atoms with Crippen molar-refractivity contribution < 1.29 is 8.94 Å². The third-order valence-electron chi connectivity index (χ3n) is 2.71. The van der Waals surface area contributed by atoms with Crippen molar-refractivity contribution in [2.24, 2.45) is 11.7 Å². The van der Waals surface area contributed by atoms with Crippen LogP contribution in [0.1, 0.15) is 24.4 Å². The number of furan rings is 1. The summed E-state index contributed by atoms with van der Waals surface area (Å²) in [7, 11) is 0. The molecule has 1 fully saturated rings. The number of nitrogens with zero attached hydrogens (tertiary/aromatic N) is 2. The molecule has 0 unspecified atom stereocenters. The standard InChI is InChI=1S/C11H13N3O2/c12-6-8-3-4-9(15-8)11-13-10(14-16-11)5-7-1-2-7/h3-4,7H,1-2,5-6,12H2. The zero-order chi connectivity index (χ0) is 11.0. The summed E-state index contributed by atoms with van der Waals surface area (Å²) in [6.45, 7) is 0.378. The summed E-state index contributed by atoms with van der Waals surface area (Å²) in [6.07, 6.45) is 3.47. The molecule has 3 rings (SSSR count). The number of hydrogen-bond acceptors (Lipinski definition) is 5. The van der Waals surface area contributed by atoms with Crippen LogP contribution in [-0.2, 0) is 13.0 Å². The summed E-state index contributed by atoms with van der Waals surface area (Å²) < 4.78 is 10.6. The molecule has 0 aliphatic heterocycles. The minimum absolute atomic E-state index is 0.378. The summed E-state index contributed by atoms with van der Waals surface area (Å²) in [6, 6.07) is 3.62. The normalized spacial score (nSPS) is 15.6. The zero-order valence-corrected chi connectivity index (χ0v) is 8.85. The van der Waals surface area contributed by atoms with Crippen LogP contribution in [-0.4, -0.2) is 10.1 Å². The van der Waals surface area contributed by atoms with Gasteiger partial charge in [-0.05, 0) is 30.9 Å². The van der Waals surface area contributed by atoms with E-state index in [-0.39, 0.29) is 0 Å². The van der Waals surface area contributed by atoms with Crippen molar-refractivity contribution in [3.63, 3.8) is 0 Å². The highest BCUT2D eigenvalue weighted by Crippen LogP contribution is 2.32. The van der Waals surface area contributed by atoms with Gasteiger partial charge in [-0.3, -0.25) is 0 Å². The third kappa shape index (κ3) is 1.86. The van der Waals surface area contributed by atoms with Crippen molar-refractivity contribution in [1.82, 2.24) is 10.1 Å². The van der Waals surface area contributed by atoms with E-state index in [0.717, 1.165) is 23.9 Å². The maximum Gasteiger partial charge on any atom is 0.293 e. The van der Waals surface area contributed by atoms with Gasteiger partial charge in [0.2, 0.25) is 0 Å². The smallest absolute Gasteiger partial charge is 0.293 e. The van der Waals surface area contributed by atoms with E-state index in [4.69, 9.17) is 14.7 Å². The monoisotopic (exact) mass is 219 g/mol. The lowest BCUT2D eigenvalue weighted by Gasteiger charge is -1.88. The highest BCUT2D eigenvalue weighted by atomic mass is 16.5. The van der Waals surface area contributed by atoms with Crippen LogP contribution in [0.15, 0.2) is 21.1 Å². The Bertz CT molecular complexity index is 485. The van der Waals surface area contributed by atoms with E-state index in [1.54, 1.807) is 6.07 Å². The summed E-state index contributed by atoms with van der Waals surface area (Å²) in [5.74, 6) is 3.27. The van der Waals surface area contributed by atoms with E-state index in [1.807, 2.05) is 6.07 Å². The Labute approximate surface area is 92.6 Å². The van der Waals surface area contributed by atoms with Crippen LogP contribution >= 0.6 is 0 Å². The lowest BCUT2D eigenvalue weighted by atomic mass is 10.3. The van der Waals surface area contributed by atoms with Gasteiger partial charge in [-0.1, -0.05) is 5.16 Å². The molecule has 5 nitrogen and oxygen atoms in total. The molecule has 2 N–H and O–H groups in total. The second kappa shape index (κ2) is 3.75. The van der Waals surface area contributed by atoms with E-state index >= 15 is 0 Å². The molecule has 1 saturated carbocycles. The Morgan fingerprint density at radius 1 is 1.38 bits per heavy atom. The van der Waals surface area contributed by atoms with Gasteiger partial charge in [0, 0.05) is 6.42 Å². The molecule has 0 amide bonds. The molecule has 16 heavy (non-hydrogen) atoms. The topological polar surface area (TPSA) is 78.1 Å². The summed E-state index contributed by atoms with van der Waals surface area (Å²) in [4.78, 5) is 4.30. The molecule has 2 heterocycles. The van der Waals surface area contributed by atoms with Crippen LogP contribution in [0.3, 0.4) is 0 Å². The molecule has 2 aromatic rings. The average molecular weight is 219 g/mol. The summed E-state index contributed by atoms with van der Waals surface area (Å²) >= 11 is 0. The minimum atomic E-state index is 0.378. The number of rotatable bonds is 4. The molecule has 2 aromatic heterocycles. The quantitative estimate of drug-likeness (QED) is 0.847. The lowest BCUT2D eigenvalue weighted by molar-refractivity contribution is 0.404. The number of hydrogen-bond donors (Lipinski definition) is 1. The van der Waals surface area contributed by atoms with Crippen LogP contribution in [0, 0.1) is 5.92 Å². The van der Waals surface area contributed by atoms with E-state index in [1.165, 1.54) is 12.8 Å². The molecule has 0 saturated heterocycles. The zero-order valence-electron chi connectivity index (χ0n) is 8.85. The van der Waals surface area contributed by atoms with E-state index in [9.17, 15) is 0 Å². The Balaban J connectivity index is 1.79. The van der Waals surface area contributed by atoms with Crippen molar-refractivity contribution in [2.75, 3.05) is 0 Å². The predicted molar refractivity (Wildman–Crippen MR) is 56.3 cm³/mol. The molecule has 0 radical (unpaired) electrons. The molecular weight excluding hydrogens is 206 g/mol. The first-order chi connectivity index (χ1) is 7.85. The highest BCUT2D eigenvalue weighted by molar-refractivity contribution is 5.44. The summed E-state index contributed by atoms with van der Waals surface area (Å²) in [5.41, 5.74) is 5.46. The van der Waals surface area contributed by atoms with E-state index < -0.39 is 0 Å². The number of aromatic nitrogens is 2. The molecule has 1 aliphatic carbocycles. The molecule has 0 bridgehead atoms. The molecule has 5 heteroatoms. The van der Waals surface area contributed by atoms with Gasteiger partial charge in [-0.25, -0.2) is 0 Å². The molecule has 0 spiro atoms. The van der Waals surface area contributed by atoms with Gasteiger partial charge in [0.1, 0.15) is 5.76 Å². The lowest BCUT2D eigenvalue weighted by Crippen LogP contribution is -1.92. The van der Waals surface area contributed by atoms with Gasteiger partial charge in [-0.2, -0.15) is 4.98 Å². The van der Waals surface area contributed by atoms with Gasteiger partial charge < -0.3 is 14.7 Å². The Morgan fingerprint density at radius 3 is 2.94 bits per heavy atom. The van der Waals surface area contributed by atoms with Gasteiger partial charge in [0.25, 0.3) is 5.89 Å². The van der Waals surface area contributed by atoms with Crippen molar-refractivity contribution in [3.05, 3.63) is 23.7 Å². The van der Waals surface area contributed by atoms with Crippen LogP contribution in [0.25, 0.3) is 11.7 Å². The second-order valence-corrected chi connectivity index (χ2v) is 4.13. The van der Waals surface area contributed by atoms with Crippen LogP contribution in [0.5, 0.6) is 0 Å². The van der Waals surface area contributed by atoms with Crippen LogP contribution in [0.4, 0.5) is 0 Å². The fraction of sp³-hybridized carbons (Fsp3) is 0.455. The Morgan fingerprint density at radius 2 is 2.25 bits per heavy atom. The summed E-state index contributed by atoms with van der Waals surface area (Å²) in [5, 5.41) is 3.93. The maximum absolute atomic E-state index is 5.46. The van der Waals surface area contributed by atoms with Crippen molar-refractivity contribution in [2.45, 2.75) is 25.8 Å². The highest BCUT2D eigenvalue weighted by Gasteiger charge is 2.24. The van der Waals surface area contributed by atoms with Crippen LogP contribution < -0.4 is 5.73 Å². The largest absolute Gasteiger partial charge is 0.455 e. The fourth-order valence-corrected chi connectivity index (χ4v) is 1.62. The van der Waals surface area contributed by atoms with E-state index in [0.29, 0.717) is 18.2 Å². The first kappa shape index (κ1) is 9.59. The predicted octanol–water partition coefficient (Wildman–Crippen LogP) is 1.74. The van der Waals surface area contributed by atoms with Crippen molar-refractivity contribution >= 4 is 0 Å². The first-order valence-electron chi connectivity index (χ1n) is 5.47. The number of nitrogens with two attached hydrogens (primary N) is 1. The SMILES string of the molecule is NCc1ccc(-c2nc(CC3CC3)no2)o1. The van der Waals surface area contributed by atoms with Crippen LogP contribution in [0.2, 0.25) is 0 Å². The van der Waals surface area contributed by atoms with Gasteiger partial charge in [0.15, 0.2) is 11.6 Å². The van der Waals surface area contributed by atoms with Gasteiger partial charge in [-0.15, -0.1) is 0 Å². The minimum Gasteiger partial charge on any atom is -0.455 e. The Kier molecular flexibility index (Phi) is 2.25. The fourth-order valence-electron chi connectivity index (χ4n) is 1.62. The maximum atomic E-state index is 5.46. The van der Waals surface area contributed by atoms with Crippen molar-refractivity contribution in [3.8, 4) is 11.7 Å². The van der Waals surface area contributed by atoms with Gasteiger partial charge in [0.05, 0.1) is 6.54 Å². The third-order valence-corrected chi connectivity index (χ3v) is 2.71. The van der Waals surface area contributed by atoms with Gasteiger partial charge >= 0.3 is 0 Å². The average Bonchev–Trinajstić information content (AvgIpc) is 2.83. The Hall–Kier alpha value is -1.62. The van der Waals surface area contributed by atoms with Crippen molar-refractivity contribution in [1.29, 1.82) is 0 Å². The first-order valence-corrected chi connectivity index (χ1v) is 5.47. The molecule has 84 valence electrons. The molecular formula is C11H13N3O2. The molecule has 0 atom stereocenters. The second-order valence-electron chi connectivity index (χ2n) is 4.13. The molecule has 0 aromatic carbocycles. The van der Waals surface area contributed by atoms with E-state index in [2.05, 4.69) is 10.1 Å².